The predicted molar refractivity (Wildman–Crippen MR) is 83.1 cm³/mol. The average molecular weight is 338 g/mol. The van der Waals surface area contributed by atoms with Crippen LogP contribution in [-0.4, -0.2) is 19.9 Å². The maximum atomic E-state index is 13.0. The summed E-state index contributed by atoms with van der Waals surface area (Å²) in [6, 6.07) is 9.37. The first kappa shape index (κ1) is 17.0. The van der Waals surface area contributed by atoms with Crippen molar-refractivity contribution in [2.45, 2.75) is 18.2 Å². The highest BCUT2D eigenvalue weighted by Gasteiger charge is 2.16. The minimum Gasteiger partial charge on any atom is -0.258 e. The van der Waals surface area contributed by atoms with Crippen LogP contribution in [0.4, 0.5) is 10.1 Å². The Morgan fingerprint density at radius 1 is 1.17 bits per heavy atom. The van der Waals surface area contributed by atoms with E-state index in [0.717, 1.165) is 17.7 Å². The third-order valence-corrected chi connectivity index (χ3v) is 4.90. The van der Waals surface area contributed by atoms with Crippen LogP contribution < -0.4 is 4.72 Å². The zero-order valence-electron chi connectivity index (χ0n) is 12.3. The molecule has 0 amide bonds. The Labute approximate surface area is 133 Å². The lowest BCUT2D eigenvalue weighted by Gasteiger charge is -2.09. The van der Waals surface area contributed by atoms with Crippen LogP contribution in [0.15, 0.2) is 47.4 Å². The molecule has 8 heteroatoms. The number of hydrogen-bond acceptors (Lipinski definition) is 4. The molecule has 0 aromatic heterocycles. The molecule has 0 aliphatic carbocycles. The lowest BCUT2D eigenvalue weighted by atomic mass is 10.1. The van der Waals surface area contributed by atoms with Gasteiger partial charge in [-0.1, -0.05) is 12.1 Å². The molecule has 0 radical (unpaired) electrons. The van der Waals surface area contributed by atoms with Crippen molar-refractivity contribution in [3.05, 3.63) is 69.5 Å². The number of sulfonamides is 1. The van der Waals surface area contributed by atoms with Gasteiger partial charge in [-0.3, -0.25) is 10.1 Å². The van der Waals surface area contributed by atoms with Crippen molar-refractivity contribution in [1.29, 1.82) is 0 Å². The van der Waals surface area contributed by atoms with Crippen LogP contribution in [0.1, 0.15) is 11.1 Å². The number of nitro benzene ring substituents is 1. The van der Waals surface area contributed by atoms with Crippen LogP contribution in [0.25, 0.3) is 0 Å². The smallest absolute Gasteiger partial charge is 0.258 e. The van der Waals surface area contributed by atoms with Crippen molar-refractivity contribution >= 4 is 15.7 Å². The Bertz CT molecular complexity index is 820. The number of non-ortho nitro benzene ring substituents is 1. The molecule has 0 aliphatic heterocycles. The number of rotatable bonds is 6. The first-order valence-electron chi connectivity index (χ1n) is 6.79. The normalized spacial score (nSPS) is 11.4. The SMILES string of the molecule is Cc1cc(F)ccc1S(=O)(=O)NCCc1ccc([N+](=O)[O-])cc1. The van der Waals surface area contributed by atoms with Gasteiger partial charge in [0.2, 0.25) is 10.0 Å². The van der Waals surface area contributed by atoms with Crippen LogP contribution in [0.5, 0.6) is 0 Å². The van der Waals surface area contributed by atoms with Crippen molar-refractivity contribution in [2.24, 2.45) is 0 Å². The van der Waals surface area contributed by atoms with E-state index in [0.29, 0.717) is 12.0 Å². The molecule has 0 spiro atoms. The summed E-state index contributed by atoms with van der Waals surface area (Å²) >= 11 is 0. The third-order valence-electron chi connectivity index (χ3n) is 3.28. The van der Waals surface area contributed by atoms with E-state index in [9.17, 15) is 22.9 Å². The number of halogens is 1. The van der Waals surface area contributed by atoms with E-state index in [1.165, 1.54) is 25.1 Å². The zero-order valence-corrected chi connectivity index (χ0v) is 13.1. The fourth-order valence-corrected chi connectivity index (χ4v) is 3.36. The van der Waals surface area contributed by atoms with Gasteiger partial charge in [0, 0.05) is 18.7 Å². The summed E-state index contributed by atoms with van der Waals surface area (Å²) in [6.45, 7) is 1.66. The summed E-state index contributed by atoms with van der Waals surface area (Å²) in [7, 11) is -3.72. The van der Waals surface area contributed by atoms with Gasteiger partial charge in [-0.05, 0) is 42.7 Å². The summed E-state index contributed by atoms with van der Waals surface area (Å²) in [4.78, 5) is 10.1. The number of aryl methyl sites for hydroxylation is 1. The van der Waals surface area contributed by atoms with Gasteiger partial charge in [0.05, 0.1) is 9.82 Å². The molecule has 0 atom stereocenters. The molecule has 0 aliphatic rings. The summed E-state index contributed by atoms with van der Waals surface area (Å²) in [6.07, 6.45) is 0.386. The van der Waals surface area contributed by atoms with Crippen molar-refractivity contribution in [1.82, 2.24) is 4.72 Å². The van der Waals surface area contributed by atoms with Gasteiger partial charge in [0.25, 0.3) is 5.69 Å². The highest BCUT2D eigenvalue weighted by molar-refractivity contribution is 7.89. The first-order chi connectivity index (χ1) is 10.8. The fraction of sp³-hybridized carbons (Fsp3) is 0.200. The summed E-state index contributed by atoms with van der Waals surface area (Å²) in [5.74, 6) is -0.493. The topological polar surface area (TPSA) is 89.3 Å². The van der Waals surface area contributed by atoms with E-state index in [1.54, 1.807) is 12.1 Å². The van der Waals surface area contributed by atoms with Gasteiger partial charge in [-0.2, -0.15) is 0 Å². The lowest BCUT2D eigenvalue weighted by molar-refractivity contribution is -0.384. The molecule has 0 saturated heterocycles. The van der Waals surface area contributed by atoms with Crippen LogP contribution in [0, 0.1) is 22.9 Å². The summed E-state index contributed by atoms with van der Waals surface area (Å²) in [5, 5.41) is 10.6. The van der Waals surface area contributed by atoms with Crippen molar-refractivity contribution < 1.29 is 17.7 Å². The first-order valence-corrected chi connectivity index (χ1v) is 8.27. The summed E-state index contributed by atoms with van der Waals surface area (Å²) < 4.78 is 39.8. The fourth-order valence-electron chi connectivity index (χ4n) is 2.11. The molecule has 1 N–H and O–H groups in total. The molecule has 0 unspecified atom stereocenters. The van der Waals surface area contributed by atoms with Gasteiger partial charge in [-0.25, -0.2) is 17.5 Å². The summed E-state index contributed by atoms with van der Waals surface area (Å²) in [5.41, 5.74) is 1.08. The van der Waals surface area contributed by atoms with Gasteiger partial charge in [0.1, 0.15) is 5.82 Å². The average Bonchev–Trinajstić information content (AvgIpc) is 2.47. The molecule has 0 heterocycles. The number of nitrogens with one attached hydrogen (secondary N) is 1. The van der Waals surface area contributed by atoms with Crippen LogP contribution in [-0.2, 0) is 16.4 Å². The van der Waals surface area contributed by atoms with Gasteiger partial charge >= 0.3 is 0 Å². The molecule has 0 saturated carbocycles. The predicted octanol–water partition coefficient (Wildman–Crippen LogP) is 2.56. The van der Waals surface area contributed by atoms with E-state index in [-0.39, 0.29) is 17.1 Å². The Hall–Kier alpha value is -2.32. The maximum Gasteiger partial charge on any atom is 0.269 e. The molecule has 0 bridgehead atoms. The molecule has 23 heavy (non-hydrogen) atoms. The Morgan fingerprint density at radius 3 is 2.39 bits per heavy atom. The number of hydrogen-bond donors (Lipinski definition) is 1. The van der Waals surface area contributed by atoms with Crippen LogP contribution >= 0.6 is 0 Å². The van der Waals surface area contributed by atoms with Crippen molar-refractivity contribution in [3.63, 3.8) is 0 Å². The second kappa shape index (κ2) is 6.84. The monoisotopic (exact) mass is 338 g/mol. The van der Waals surface area contributed by atoms with Gasteiger partial charge in [-0.15, -0.1) is 0 Å². The molecule has 2 rings (SSSR count). The van der Waals surface area contributed by atoms with E-state index in [2.05, 4.69) is 4.72 Å². The molecule has 0 fully saturated rings. The standard InChI is InChI=1S/C15H15FN2O4S/c1-11-10-13(16)4-7-15(11)23(21,22)17-9-8-12-2-5-14(6-3-12)18(19)20/h2-7,10,17H,8-9H2,1H3. The minimum absolute atomic E-state index is 0.0173. The minimum atomic E-state index is -3.72. The van der Waals surface area contributed by atoms with Crippen molar-refractivity contribution in [3.8, 4) is 0 Å². The Balaban J connectivity index is 2.01. The molecular formula is C15H15FN2O4S. The molecular weight excluding hydrogens is 323 g/mol. The second-order valence-electron chi connectivity index (χ2n) is 4.98. The number of nitro groups is 1. The van der Waals surface area contributed by atoms with E-state index in [1.807, 2.05) is 0 Å². The Morgan fingerprint density at radius 2 is 1.83 bits per heavy atom. The van der Waals surface area contributed by atoms with E-state index < -0.39 is 20.8 Å². The largest absolute Gasteiger partial charge is 0.269 e. The molecule has 6 nitrogen and oxygen atoms in total. The van der Waals surface area contributed by atoms with E-state index >= 15 is 0 Å². The molecule has 2 aromatic carbocycles. The lowest BCUT2D eigenvalue weighted by Crippen LogP contribution is -2.26. The maximum absolute atomic E-state index is 13.0. The quantitative estimate of drug-likeness (QED) is 0.647. The van der Waals surface area contributed by atoms with Gasteiger partial charge in [0.15, 0.2) is 0 Å². The third kappa shape index (κ3) is 4.33. The number of nitrogens with zero attached hydrogens (tertiary/aromatic N) is 1. The molecule has 122 valence electrons. The van der Waals surface area contributed by atoms with Gasteiger partial charge < -0.3 is 0 Å². The zero-order chi connectivity index (χ0) is 17.0. The highest BCUT2D eigenvalue weighted by Crippen LogP contribution is 2.16. The molecule has 2 aromatic rings. The van der Waals surface area contributed by atoms with Crippen LogP contribution in [0.3, 0.4) is 0 Å². The second-order valence-corrected chi connectivity index (χ2v) is 6.72. The van der Waals surface area contributed by atoms with Crippen LogP contribution in [0.2, 0.25) is 0 Å². The van der Waals surface area contributed by atoms with E-state index in [4.69, 9.17) is 0 Å². The number of benzene rings is 2. The highest BCUT2D eigenvalue weighted by atomic mass is 32.2. The van der Waals surface area contributed by atoms with Crippen molar-refractivity contribution in [2.75, 3.05) is 6.54 Å². The Kier molecular flexibility index (Phi) is 5.07.